The van der Waals surface area contributed by atoms with E-state index >= 15 is 0 Å². The summed E-state index contributed by atoms with van der Waals surface area (Å²) in [5.41, 5.74) is 2.30. The molecule has 0 spiro atoms. The fourth-order valence-corrected chi connectivity index (χ4v) is 2.09. The summed E-state index contributed by atoms with van der Waals surface area (Å²) in [5.74, 6) is 1.96. The summed E-state index contributed by atoms with van der Waals surface area (Å²) >= 11 is 0. The molecule has 0 amide bonds. The number of methoxy groups -OCH3 is 3. The third-order valence-electron chi connectivity index (χ3n) is 3.46. The van der Waals surface area contributed by atoms with Crippen molar-refractivity contribution in [2.45, 2.75) is 33.2 Å². The molecule has 1 rings (SSSR count). The fraction of sp³-hybridized carbons (Fsp3) is 0.529. The van der Waals surface area contributed by atoms with E-state index in [1.165, 1.54) is 5.57 Å². The molecule has 1 aromatic rings. The van der Waals surface area contributed by atoms with E-state index in [9.17, 15) is 0 Å². The molecular weight excluding hydrogens is 266 g/mol. The smallest absolute Gasteiger partial charge is 0.203 e. The number of hydrogen-bond donors (Lipinski definition) is 1. The van der Waals surface area contributed by atoms with Crippen LogP contribution in [-0.4, -0.2) is 33.9 Å². The molecular formula is C17H27NO3. The van der Waals surface area contributed by atoms with Gasteiger partial charge in [0.15, 0.2) is 11.5 Å². The molecule has 4 heteroatoms. The van der Waals surface area contributed by atoms with Crippen molar-refractivity contribution in [3.63, 3.8) is 0 Å². The van der Waals surface area contributed by atoms with E-state index < -0.39 is 0 Å². The zero-order valence-corrected chi connectivity index (χ0v) is 13.9. The van der Waals surface area contributed by atoms with E-state index in [2.05, 4.69) is 32.2 Å². The zero-order chi connectivity index (χ0) is 15.8. The van der Waals surface area contributed by atoms with Gasteiger partial charge in [0.1, 0.15) is 0 Å². The molecule has 0 heterocycles. The summed E-state index contributed by atoms with van der Waals surface area (Å²) in [6, 6.07) is 4.25. The average Bonchev–Trinajstić information content (AvgIpc) is 2.51. The Morgan fingerprint density at radius 2 is 1.71 bits per heavy atom. The van der Waals surface area contributed by atoms with E-state index in [0.717, 1.165) is 18.5 Å². The summed E-state index contributed by atoms with van der Waals surface area (Å²) in [6.45, 7) is 7.47. The van der Waals surface area contributed by atoms with Crippen molar-refractivity contribution < 1.29 is 14.2 Å². The van der Waals surface area contributed by atoms with E-state index in [-0.39, 0.29) is 0 Å². The van der Waals surface area contributed by atoms with Crippen LogP contribution in [0.1, 0.15) is 32.8 Å². The minimum absolute atomic E-state index is 0.337. The van der Waals surface area contributed by atoms with Gasteiger partial charge >= 0.3 is 0 Å². The van der Waals surface area contributed by atoms with Gasteiger partial charge in [-0.05, 0) is 44.5 Å². The number of hydrogen-bond acceptors (Lipinski definition) is 4. The molecule has 21 heavy (non-hydrogen) atoms. The van der Waals surface area contributed by atoms with Crippen LogP contribution >= 0.6 is 0 Å². The Bertz CT molecular complexity index is 458. The van der Waals surface area contributed by atoms with Gasteiger partial charge in [-0.1, -0.05) is 18.6 Å². The van der Waals surface area contributed by atoms with Gasteiger partial charge in [-0.15, -0.1) is 0 Å². The highest BCUT2D eigenvalue weighted by Gasteiger charge is 2.13. The third kappa shape index (κ3) is 4.67. The molecule has 0 aliphatic heterocycles. The quantitative estimate of drug-likeness (QED) is 0.796. The average molecular weight is 293 g/mol. The van der Waals surface area contributed by atoms with Crippen molar-refractivity contribution in [2.75, 3.05) is 27.9 Å². The van der Waals surface area contributed by atoms with Crippen molar-refractivity contribution in [1.82, 2.24) is 5.32 Å². The molecule has 0 bridgehead atoms. The predicted octanol–water partition coefficient (Wildman–Crippen LogP) is 3.50. The molecule has 118 valence electrons. The highest BCUT2D eigenvalue weighted by molar-refractivity contribution is 5.63. The van der Waals surface area contributed by atoms with Crippen molar-refractivity contribution in [3.05, 3.63) is 23.3 Å². The predicted molar refractivity (Wildman–Crippen MR) is 87.5 cm³/mol. The Balaban J connectivity index is 3.07. The molecule has 1 atom stereocenters. The van der Waals surface area contributed by atoms with Gasteiger partial charge < -0.3 is 19.5 Å². The SMILES string of the molecule is CCCNC(C)/C(C)=C/c1cc(OC)c(OC)c(OC)c1. The highest BCUT2D eigenvalue weighted by atomic mass is 16.5. The van der Waals surface area contributed by atoms with Gasteiger partial charge in [-0.3, -0.25) is 0 Å². The normalized spacial score (nSPS) is 13.0. The first-order chi connectivity index (χ1) is 10.1. The second-order valence-corrected chi connectivity index (χ2v) is 5.02. The first kappa shape index (κ1) is 17.4. The van der Waals surface area contributed by atoms with Crippen molar-refractivity contribution >= 4 is 6.08 Å². The van der Waals surface area contributed by atoms with E-state index in [0.29, 0.717) is 23.3 Å². The molecule has 1 unspecified atom stereocenters. The second kappa shape index (κ2) is 8.57. The summed E-state index contributed by atoms with van der Waals surface area (Å²) < 4.78 is 16.1. The molecule has 0 fully saturated rings. The lowest BCUT2D eigenvalue weighted by atomic mass is 10.1. The van der Waals surface area contributed by atoms with Crippen molar-refractivity contribution in [3.8, 4) is 17.2 Å². The summed E-state index contributed by atoms with van der Waals surface area (Å²) in [5, 5.41) is 3.48. The monoisotopic (exact) mass is 293 g/mol. The Hall–Kier alpha value is -1.68. The molecule has 0 aliphatic carbocycles. The molecule has 4 nitrogen and oxygen atoms in total. The molecule has 0 aliphatic rings. The Kier molecular flexibility index (Phi) is 7.09. The maximum absolute atomic E-state index is 5.38. The van der Waals surface area contributed by atoms with Crippen LogP contribution < -0.4 is 19.5 Å². The second-order valence-electron chi connectivity index (χ2n) is 5.02. The van der Waals surface area contributed by atoms with E-state index in [4.69, 9.17) is 14.2 Å². The van der Waals surface area contributed by atoms with E-state index in [1.54, 1.807) is 21.3 Å². The number of nitrogens with one attached hydrogen (secondary N) is 1. The topological polar surface area (TPSA) is 39.7 Å². The molecule has 0 saturated heterocycles. The van der Waals surface area contributed by atoms with Crippen LogP contribution in [0.25, 0.3) is 6.08 Å². The van der Waals surface area contributed by atoms with Gasteiger partial charge in [0.05, 0.1) is 21.3 Å². The first-order valence-electron chi connectivity index (χ1n) is 7.28. The maximum Gasteiger partial charge on any atom is 0.203 e. The summed E-state index contributed by atoms with van der Waals surface area (Å²) in [7, 11) is 4.87. The van der Waals surface area contributed by atoms with Gasteiger partial charge in [-0.2, -0.15) is 0 Å². The zero-order valence-electron chi connectivity index (χ0n) is 13.9. The number of rotatable bonds is 8. The fourth-order valence-electron chi connectivity index (χ4n) is 2.09. The molecule has 0 aromatic heterocycles. The Labute approximate surface area is 128 Å². The molecule has 0 radical (unpaired) electrons. The van der Waals surface area contributed by atoms with Crippen LogP contribution in [0.5, 0.6) is 17.2 Å². The standard InChI is InChI=1S/C17H27NO3/c1-7-8-18-13(3)12(2)9-14-10-15(19-4)17(21-6)16(11-14)20-5/h9-11,13,18H,7-8H2,1-6H3/b12-9+. The highest BCUT2D eigenvalue weighted by Crippen LogP contribution is 2.38. The lowest BCUT2D eigenvalue weighted by Gasteiger charge is -2.16. The number of benzene rings is 1. The van der Waals surface area contributed by atoms with Crippen LogP contribution in [0.2, 0.25) is 0 Å². The first-order valence-corrected chi connectivity index (χ1v) is 7.28. The van der Waals surface area contributed by atoms with Crippen LogP contribution in [0.15, 0.2) is 17.7 Å². The van der Waals surface area contributed by atoms with Gasteiger partial charge in [0.2, 0.25) is 5.75 Å². The van der Waals surface area contributed by atoms with Crippen LogP contribution in [-0.2, 0) is 0 Å². The van der Waals surface area contributed by atoms with Crippen molar-refractivity contribution in [1.29, 1.82) is 0 Å². The third-order valence-corrected chi connectivity index (χ3v) is 3.46. The summed E-state index contributed by atoms with van der Waals surface area (Å²) in [6.07, 6.45) is 3.26. The van der Waals surface area contributed by atoms with Crippen LogP contribution in [0.3, 0.4) is 0 Å². The van der Waals surface area contributed by atoms with Crippen LogP contribution in [0.4, 0.5) is 0 Å². The van der Waals surface area contributed by atoms with Crippen molar-refractivity contribution in [2.24, 2.45) is 0 Å². The minimum Gasteiger partial charge on any atom is -0.493 e. The number of ether oxygens (including phenoxy) is 3. The summed E-state index contributed by atoms with van der Waals surface area (Å²) in [4.78, 5) is 0. The molecule has 0 saturated carbocycles. The largest absolute Gasteiger partial charge is 0.493 e. The lowest BCUT2D eigenvalue weighted by molar-refractivity contribution is 0.324. The lowest BCUT2D eigenvalue weighted by Crippen LogP contribution is -2.27. The minimum atomic E-state index is 0.337. The Morgan fingerprint density at radius 3 is 2.14 bits per heavy atom. The van der Waals surface area contributed by atoms with Crippen LogP contribution in [0, 0.1) is 0 Å². The Morgan fingerprint density at radius 1 is 1.14 bits per heavy atom. The molecule has 1 aromatic carbocycles. The van der Waals surface area contributed by atoms with E-state index in [1.807, 2.05) is 12.1 Å². The molecule has 1 N–H and O–H groups in total. The van der Waals surface area contributed by atoms with Gasteiger partial charge in [0.25, 0.3) is 0 Å². The van der Waals surface area contributed by atoms with Gasteiger partial charge in [0, 0.05) is 6.04 Å². The van der Waals surface area contributed by atoms with Gasteiger partial charge in [-0.25, -0.2) is 0 Å². The maximum atomic E-state index is 5.38.